The normalized spacial score (nSPS) is 10.2. The van der Waals surface area contributed by atoms with E-state index in [1.54, 1.807) is 6.08 Å². The number of unbranched alkanes of at least 4 members (excludes halogenated alkanes) is 1. The third kappa shape index (κ3) is 9.26. The molecule has 0 aliphatic rings. The molecule has 0 radical (unpaired) electrons. The summed E-state index contributed by atoms with van der Waals surface area (Å²) in [6.07, 6.45) is 3.64. The van der Waals surface area contributed by atoms with Crippen LogP contribution >= 0.6 is 15.9 Å². The van der Waals surface area contributed by atoms with Crippen LogP contribution in [-0.4, -0.2) is 44.8 Å². The van der Waals surface area contributed by atoms with Crippen LogP contribution in [0.5, 0.6) is 0 Å². The summed E-state index contributed by atoms with van der Waals surface area (Å²) in [6.45, 7) is 7.77. The Balaban J connectivity index is 2.62. The molecule has 0 aliphatic heterocycles. The minimum atomic E-state index is -0.529. The second-order valence-corrected chi connectivity index (χ2v) is 6.33. The Morgan fingerprint density at radius 2 is 2.16 bits per heavy atom. The van der Waals surface area contributed by atoms with E-state index in [0.29, 0.717) is 26.3 Å². The van der Waals surface area contributed by atoms with Gasteiger partial charge in [-0.15, -0.1) is 6.58 Å². The molecule has 0 saturated heterocycles. The van der Waals surface area contributed by atoms with Crippen LogP contribution in [-0.2, 0) is 9.53 Å². The third-order valence-corrected chi connectivity index (χ3v) is 3.81. The van der Waals surface area contributed by atoms with Gasteiger partial charge in [-0.05, 0) is 24.6 Å². The number of nitrogens with one attached hydrogen (secondary N) is 2. The van der Waals surface area contributed by atoms with E-state index in [0.717, 1.165) is 23.0 Å². The van der Waals surface area contributed by atoms with Crippen molar-refractivity contribution < 1.29 is 14.3 Å². The highest BCUT2D eigenvalue weighted by molar-refractivity contribution is 9.10. The van der Waals surface area contributed by atoms with Gasteiger partial charge in [0.25, 0.3) is 0 Å². The predicted octanol–water partition coefficient (Wildman–Crippen LogP) is 3.08. The number of hydrogen-bond donors (Lipinski definition) is 2. The average molecular weight is 412 g/mol. The average Bonchev–Trinajstić information content (AvgIpc) is 2.58. The van der Waals surface area contributed by atoms with Crippen molar-refractivity contribution in [3.8, 4) is 0 Å². The predicted molar refractivity (Wildman–Crippen MR) is 104 cm³/mol. The molecule has 1 rings (SSSR count). The van der Waals surface area contributed by atoms with Crippen molar-refractivity contribution in [2.24, 2.45) is 0 Å². The van der Waals surface area contributed by atoms with Crippen LogP contribution in [0.2, 0.25) is 0 Å². The van der Waals surface area contributed by atoms with E-state index >= 15 is 0 Å². The molecule has 0 aromatic heterocycles. The molecule has 6 nitrogen and oxygen atoms in total. The molecule has 0 unspecified atom stereocenters. The Hall–Kier alpha value is -1.86. The first-order chi connectivity index (χ1) is 12.1. The molecule has 1 aromatic rings. The molecule has 3 amide bonds. The van der Waals surface area contributed by atoms with Crippen molar-refractivity contribution in [2.45, 2.75) is 19.8 Å². The summed E-state index contributed by atoms with van der Waals surface area (Å²) in [6, 6.07) is 7.14. The summed E-state index contributed by atoms with van der Waals surface area (Å²) in [5.74, 6) is -0.380. The molecule has 0 bridgehead atoms. The minimum absolute atomic E-state index is 0.0646. The van der Waals surface area contributed by atoms with E-state index in [4.69, 9.17) is 4.74 Å². The van der Waals surface area contributed by atoms with Crippen molar-refractivity contribution in [3.05, 3.63) is 41.4 Å². The smallest absolute Gasteiger partial charge is 0.321 e. The Morgan fingerprint density at radius 3 is 2.84 bits per heavy atom. The summed E-state index contributed by atoms with van der Waals surface area (Å²) in [5, 5.41) is 4.82. The molecule has 0 saturated carbocycles. The van der Waals surface area contributed by atoms with E-state index in [-0.39, 0.29) is 12.5 Å². The summed E-state index contributed by atoms with van der Waals surface area (Å²) < 4.78 is 6.52. The molecule has 1 aromatic carbocycles. The number of anilines is 1. The number of carbonyl (C=O) groups is 2. The molecular weight excluding hydrogens is 386 g/mol. The largest absolute Gasteiger partial charge is 0.380 e. The number of benzene rings is 1. The van der Waals surface area contributed by atoms with Crippen LogP contribution in [0, 0.1) is 0 Å². The highest BCUT2D eigenvalue weighted by Gasteiger charge is 2.14. The maximum absolute atomic E-state index is 12.1. The number of rotatable bonds is 11. The zero-order valence-electron chi connectivity index (χ0n) is 14.6. The van der Waals surface area contributed by atoms with E-state index in [1.807, 2.05) is 29.2 Å². The van der Waals surface area contributed by atoms with Crippen molar-refractivity contribution in [1.29, 1.82) is 0 Å². The van der Waals surface area contributed by atoms with Crippen LogP contribution in [0.3, 0.4) is 0 Å². The maximum atomic E-state index is 12.1. The van der Waals surface area contributed by atoms with Gasteiger partial charge in [0.1, 0.15) is 0 Å². The van der Waals surface area contributed by atoms with E-state index in [2.05, 4.69) is 40.1 Å². The lowest BCUT2D eigenvalue weighted by Gasteiger charge is -2.24. The van der Waals surface area contributed by atoms with Gasteiger partial charge < -0.3 is 15.0 Å². The van der Waals surface area contributed by atoms with Gasteiger partial charge in [-0.2, -0.15) is 0 Å². The van der Waals surface area contributed by atoms with Gasteiger partial charge >= 0.3 is 6.03 Å². The standard InChI is InChI=1S/C18H26BrN3O3/c1-3-5-11-25-12-10-22(16-8-6-7-15(19)13-16)14-17(23)21-18(24)20-9-4-2/h4,6-8,13H,2-3,5,9-12,14H2,1H3,(H2,20,21,23,24). The zero-order valence-corrected chi connectivity index (χ0v) is 16.2. The lowest BCUT2D eigenvalue weighted by molar-refractivity contribution is -0.118. The van der Waals surface area contributed by atoms with Gasteiger partial charge in [-0.1, -0.05) is 41.4 Å². The third-order valence-electron chi connectivity index (χ3n) is 3.32. The van der Waals surface area contributed by atoms with Crippen LogP contribution in [0.15, 0.2) is 41.4 Å². The molecule has 138 valence electrons. The Kier molecular flexibility index (Phi) is 10.6. The first-order valence-corrected chi connectivity index (χ1v) is 9.13. The van der Waals surface area contributed by atoms with Crippen molar-refractivity contribution >= 4 is 33.6 Å². The van der Waals surface area contributed by atoms with Gasteiger partial charge in [0, 0.05) is 29.9 Å². The Morgan fingerprint density at radius 1 is 1.36 bits per heavy atom. The SMILES string of the molecule is C=CCNC(=O)NC(=O)CN(CCOCCCC)c1cccc(Br)c1. The summed E-state index contributed by atoms with van der Waals surface area (Å²) in [5.41, 5.74) is 0.884. The van der Waals surface area contributed by atoms with Gasteiger partial charge in [0.15, 0.2) is 0 Å². The second-order valence-electron chi connectivity index (χ2n) is 5.41. The first kappa shape index (κ1) is 21.2. The quantitative estimate of drug-likeness (QED) is 0.433. The number of urea groups is 1. The van der Waals surface area contributed by atoms with Crippen LogP contribution in [0.1, 0.15) is 19.8 Å². The monoisotopic (exact) mass is 411 g/mol. The van der Waals surface area contributed by atoms with Gasteiger partial charge in [-0.25, -0.2) is 4.79 Å². The zero-order chi connectivity index (χ0) is 18.5. The number of hydrogen-bond acceptors (Lipinski definition) is 4. The summed E-state index contributed by atoms with van der Waals surface area (Å²) in [4.78, 5) is 25.6. The molecule has 2 N–H and O–H groups in total. The van der Waals surface area contributed by atoms with Crippen molar-refractivity contribution in [3.63, 3.8) is 0 Å². The lowest BCUT2D eigenvalue weighted by atomic mass is 10.3. The molecule has 7 heteroatoms. The van der Waals surface area contributed by atoms with E-state index < -0.39 is 6.03 Å². The summed E-state index contributed by atoms with van der Waals surface area (Å²) >= 11 is 3.44. The lowest BCUT2D eigenvalue weighted by Crippen LogP contribution is -2.45. The molecule has 0 atom stereocenters. The first-order valence-electron chi connectivity index (χ1n) is 8.33. The number of nitrogens with zero attached hydrogens (tertiary/aromatic N) is 1. The van der Waals surface area contributed by atoms with Crippen LogP contribution in [0.25, 0.3) is 0 Å². The number of halogens is 1. The molecule has 0 heterocycles. The topological polar surface area (TPSA) is 70.7 Å². The van der Waals surface area contributed by atoms with Crippen LogP contribution < -0.4 is 15.5 Å². The minimum Gasteiger partial charge on any atom is -0.380 e. The number of carbonyl (C=O) groups excluding carboxylic acids is 2. The number of amides is 3. The fraction of sp³-hybridized carbons (Fsp3) is 0.444. The molecular formula is C18H26BrN3O3. The van der Waals surface area contributed by atoms with Crippen molar-refractivity contribution in [1.82, 2.24) is 10.6 Å². The molecule has 0 spiro atoms. The van der Waals surface area contributed by atoms with Gasteiger partial charge in [0.05, 0.1) is 13.2 Å². The van der Waals surface area contributed by atoms with Crippen molar-refractivity contribution in [2.75, 3.05) is 37.7 Å². The second kappa shape index (κ2) is 12.5. The Labute approximate surface area is 157 Å². The highest BCUT2D eigenvalue weighted by Crippen LogP contribution is 2.19. The number of ether oxygens (including phenoxy) is 1. The van der Waals surface area contributed by atoms with Crippen LogP contribution in [0.4, 0.5) is 10.5 Å². The van der Waals surface area contributed by atoms with E-state index in [1.165, 1.54) is 0 Å². The fourth-order valence-corrected chi connectivity index (χ4v) is 2.43. The van der Waals surface area contributed by atoms with Gasteiger partial charge in [-0.3, -0.25) is 10.1 Å². The number of imide groups is 1. The summed E-state index contributed by atoms with van der Waals surface area (Å²) in [7, 11) is 0. The molecule has 0 aliphatic carbocycles. The highest BCUT2D eigenvalue weighted by atomic mass is 79.9. The molecule has 25 heavy (non-hydrogen) atoms. The van der Waals surface area contributed by atoms with Gasteiger partial charge in [0.2, 0.25) is 5.91 Å². The molecule has 0 fully saturated rings. The van der Waals surface area contributed by atoms with E-state index in [9.17, 15) is 9.59 Å². The fourth-order valence-electron chi connectivity index (χ4n) is 2.04. The Bertz CT molecular complexity index is 566. The maximum Gasteiger partial charge on any atom is 0.321 e.